The second kappa shape index (κ2) is 8.14. The minimum atomic E-state index is -3.56. The van der Waals surface area contributed by atoms with Crippen LogP contribution >= 0.6 is 0 Å². The highest BCUT2D eigenvalue weighted by atomic mass is 32.2. The van der Waals surface area contributed by atoms with Crippen molar-refractivity contribution in [2.75, 3.05) is 43.3 Å². The second-order valence-electron chi connectivity index (χ2n) is 6.79. The van der Waals surface area contributed by atoms with Crippen LogP contribution < -0.4 is 4.31 Å². The zero-order valence-corrected chi connectivity index (χ0v) is 16.5. The molecule has 1 saturated heterocycles. The average Bonchev–Trinajstić information content (AvgIpc) is 3.13. The van der Waals surface area contributed by atoms with Crippen LogP contribution in [0.2, 0.25) is 0 Å². The quantitative estimate of drug-likeness (QED) is 0.749. The number of carbonyl (C=O) groups excluding carboxylic acids is 1. The molecule has 2 aromatic rings. The molecule has 8 heteroatoms. The van der Waals surface area contributed by atoms with Crippen molar-refractivity contribution < 1.29 is 17.6 Å². The fraction of sp³-hybridized carbons (Fsp3) is 0.421. The molecule has 0 spiro atoms. The van der Waals surface area contributed by atoms with Gasteiger partial charge in [-0.25, -0.2) is 8.42 Å². The van der Waals surface area contributed by atoms with Gasteiger partial charge in [0, 0.05) is 26.2 Å². The van der Waals surface area contributed by atoms with E-state index in [1.54, 1.807) is 23.3 Å². The topological polar surface area (TPSA) is 74.1 Å². The molecule has 1 aliphatic rings. The summed E-state index contributed by atoms with van der Waals surface area (Å²) in [5.41, 5.74) is 1.36. The zero-order valence-electron chi connectivity index (χ0n) is 15.7. The van der Waals surface area contributed by atoms with E-state index in [0.717, 1.165) is 30.7 Å². The molecule has 0 bridgehead atoms. The van der Waals surface area contributed by atoms with Gasteiger partial charge in [0.25, 0.3) is 0 Å². The molecule has 27 heavy (non-hydrogen) atoms. The number of rotatable bonds is 6. The van der Waals surface area contributed by atoms with Gasteiger partial charge in [0.2, 0.25) is 15.9 Å². The molecule has 0 N–H and O–H groups in total. The summed E-state index contributed by atoms with van der Waals surface area (Å²) in [5, 5.41) is 0. The summed E-state index contributed by atoms with van der Waals surface area (Å²) in [6.45, 7) is 4.99. The van der Waals surface area contributed by atoms with Crippen LogP contribution in [-0.2, 0) is 21.4 Å². The highest BCUT2D eigenvalue weighted by molar-refractivity contribution is 7.92. The lowest BCUT2D eigenvalue weighted by atomic mass is 10.2. The SMILES string of the molecule is Cc1ccccc1N(CC(=O)N1CCN(Cc2ccco2)CC1)S(C)(=O)=O. The summed E-state index contributed by atoms with van der Waals surface area (Å²) < 4.78 is 31.1. The molecule has 1 aromatic carbocycles. The van der Waals surface area contributed by atoms with Crippen LogP contribution in [0.5, 0.6) is 0 Å². The number of hydrogen-bond acceptors (Lipinski definition) is 5. The van der Waals surface area contributed by atoms with Gasteiger partial charge < -0.3 is 9.32 Å². The number of benzene rings is 1. The molecule has 0 saturated carbocycles. The number of nitrogens with zero attached hydrogens (tertiary/aromatic N) is 3. The molecular formula is C19H25N3O4S. The molecule has 146 valence electrons. The Morgan fingerprint density at radius 1 is 1.11 bits per heavy atom. The first kappa shape index (κ1) is 19.4. The van der Waals surface area contributed by atoms with E-state index in [4.69, 9.17) is 4.42 Å². The zero-order chi connectivity index (χ0) is 19.4. The number of hydrogen-bond donors (Lipinski definition) is 0. The van der Waals surface area contributed by atoms with E-state index < -0.39 is 10.0 Å². The van der Waals surface area contributed by atoms with Crippen LogP contribution in [0.1, 0.15) is 11.3 Å². The van der Waals surface area contributed by atoms with Crippen LogP contribution in [0.25, 0.3) is 0 Å². The Balaban J connectivity index is 1.62. The molecule has 1 aromatic heterocycles. The van der Waals surface area contributed by atoms with E-state index in [9.17, 15) is 13.2 Å². The molecule has 1 fully saturated rings. The van der Waals surface area contributed by atoms with Crippen LogP contribution in [0.15, 0.2) is 47.1 Å². The maximum atomic E-state index is 12.7. The van der Waals surface area contributed by atoms with E-state index in [-0.39, 0.29) is 12.5 Å². The highest BCUT2D eigenvalue weighted by Gasteiger charge is 2.27. The lowest BCUT2D eigenvalue weighted by molar-refractivity contribution is -0.131. The number of carbonyl (C=O) groups is 1. The molecule has 0 aliphatic carbocycles. The molecule has 0 unspecified atom stereocenters. The van der Waals surface area contributed by atoms with Gasteiger partial charge in [-0.1, -0.05) is 18.2 Å². The number of piperazine rings is 1. The Morgan fingerprint density at radius 3 is 2.41 bits per heavy atom. The number of furan rings is 1. The predicted molar refractivity (Wildman–Crippen MR) is 104 cm³/mol. The lowest BCUT2D eigenvalue weighted by Gasteiger charge is -2.35. The smallest absolute Gasteiger partial charge is 0.243 e. The third-order valence-corrected chi connectivity index (χ3v) is 5.87. The van der Waals surface area contributed by atoms with E-state index in [0.29, 0.717) is 25.3 Å². The van der Waals surface area contributed by atoms with Crippen molar-refractivity contribution in [3.63, 3.8) is 0 Å². The Hall–Kier alpha value is -2.32. The fourth-order valence-corrected chi connectivity index (χ4v) is 4.13. The van der Waals surface area contributed by atoms with Crippen LogP contribution in [0.3, 0.4) is 0 Å². The van der Waals surface area contributed by atoms with Gasteiger partial charge in [-0.3, -0.25) is 14.0 Å². The predicted octanol–water partition coefficient (Wildman–Crippen LogP) is 1.70. The van der Waals surface area contributed by atoms with Gasteiger partial charge in [0.05, 0.1) is 24.8 Å². The molecule has 2 heterocycles. The molecular weight excluding hydrogens is 366 g/mol. The average molecular weight is 391 g/mol. The number of sulfonamides is 1. The van der Waals surface area contributed by atoms with Gasteiger partial charge in [-0.2, -0.15) is 0 Å². The number of anilines is 1. The summed E-state index contributed by atoms with van der Waals surface area (Å²) in [6, 6.07) is 11.0. The molecule has 7 nitrogen and oxygen atoms in total. The van der Waals surface area contributed by atoms with Gasteiger partial charge in [0.15, 0.2) is 0 Å². The standard InChI is InChI=1S/C19H25N3O4S/c1-16-6-3-4-8-18(16)22(27(2,24)25)15-19(23)21-11-9-20(10-12-21)14-17-7-5-13-26-17/h3-8,13H,9-12,14-15H2,1-2H3. The van der Waals surface area contributed by atoms with Crippen molar-refractivity contribution in [3.05, 3.63) is 54.0 Å². The van der Waals surface area contributed by atoms with E-state index in [1.807, 2.05) is 31.2 Å². The van der Waals surface area contributed by atoms with Crippen molar-refractivity contribution in [1.82, 2.24) is 9.80 Å². The van der Waals surface area contributed by atoms with Crippen molar-refractivity contribution in [3.8, 4) is 0 Å². The summed E-state index contributed by atoms with van der Waals surface area (Å²) in [6.07, 6.45) is 2.79. The second-order valence-corrected chi connectivity index (χ2v) is 8.70. The van der Waals surface area contributed by atoms with Crippen LogP contribution in [-0.4, -0.2) is 63.1 Å². The first-order valence-corrected chi connectivity index (χ1v) is 10.8. The first-order chi connectivity index (χ1) is 12.8. The first-order valence-electron chi connectivity index (χ1n) is 8.90. The van der Waals surface area contributed by atoms with E-state index in [2.05, 4.69) is 4.90 Å². The van der Waals surface area contributed by atoms with Gasteiger partial charge in [0.1, 0.15) is 12.3 Å². The Bertz CT molecular complexity index is 872. The van der Waals surface area contributed by atoms with Crippen LogP contribution in [0, 0.1) is 6.92 Å². The van der Waals surface area contributed by atoms with Gasteiger partial charge in [-0.05, 0) is 30.7 Å². The highest BCUT2D eigenvalue weighted by Crippen LogP contribution is 2.22. The third kappa shape index (κ3) is 4.90. The minimum Gasteiger partial charge on any atom is -0.468 e. The monoisotopic (exact) mass is 391 g/mol. The van der Waals surface area contributed by atoms with E-state index in [1.165, 1.54) is 4.31 Å². The number of para-hydroxylation sites is 1. The number of aryl methyl sites for hydroxylation is 1. The van der Waals surface area contributed by atoms with Crippen molar-refractivity contribution in [2.45, 2.75) is 13.5 Å². The lowest BCUT2D eigenvalue weighted by Crippen LogP contribution is -2.51. The number of amides is 1. The summed E-state index contributed by atoms with van der Waals surface area (Å²) in [5.74, 6) is 0.721. The minimum absolute atomic E-state index is 0.179. The molecule has 1 aliphatic heterocycles. The Morgan fingerprint density at radius 2 is 1.81 bits per heavy atom. The van der Waals surface area contributed by atoms with Gasteiger partial charge in [-0.15, -0.1) is 0 Å². The maximum absolute atomic E-state index is 12.7. The van der Waals surface area contributed by atoms with Gasteiger partial charge >= 0.3 is 0 Å². The van der Waals surface area contributed by atoms with Crippen LogP contribution in [0.4, 0.5) is 5.69 Å². The molecule has 3 rings (SSSR count). The van der Waals surface area contributed by atoms with Crippen molar-refractivity contribution in [1.29, 1.82) is 0 Å². The summed E-state index contributed by atoms with van der Waals surface area (Å²) >= 11 is 0. The normalized spacial score (nSPS) is 15.7. The van der Waals surface area contributed by atoms with Crippen molar-refractivity contribution >= 4 is 21.6 Å². The Kier molecular flexibility index (Phi) is 5.86. The maximum Gasteiger partial charge on any atom is 0.243 e. The third-order valence-electron chi connectivity index (χ3n) is 4.75. The molecule has 1 amide bonds. The Labute approximate surface area is 160 Å². The molecule has 0 atom stereocenters. The summed E-state index contributed by atoms with van der Waals surface area (Å²) in [4.78, 5) is 16.7. The fourth-order valence-electron chi connectivity index (χ4n) is 3.23. The largest absolute Gasteiger partial charge is 0.468 e. The van der Waals surface area contributed by atoms with E-state index >= 15 is 0 Å². The molecule has 0 radical (unpaired) electrons. The van der Waals surface area contributed by atoms with Crippen molar-refractivity contribution in [2.24, 2.45) is 0 Å². The summed E-state index contributed by atoms with van der Waals surface area (Å²) in [7, 11) is -3.56.